The molecule has 0 bridgehead atoms. The number of urea groups is 1. The molecule has 1 aliphatic heterocycles. The molecule has 0 saturated carbocycles. The maximum atomic E-state index is 11.6. The number of nitrogens with one attached hydrogen (secondary N) is 2. The smallest absolute Gasteiger partial charge is 0.319 e. The summed E-state index contributed by atoms with van der Waals surface area (Å²) in [5.74, 6) is 0. The average molecular weight is 247 g/mol. The van der Waals surface area contributed by atoms with Gasteiger partial charge in [-0.3, -0.25) is 0 Å². The van der Waals surface area contributed by atoms with Crippen LogP contribution in [0.4, 0.5) is 16.2 Å². The summed E-state index contributed by atoms with van der Waals surface area (Å²) in [4.78, 5) is 13.9. The molecule has 4 heteroatoms. The second-order valence-electron chi connectivity index (χ2n) is 5.12. The molecule has 0 saturated heterocycles. The minimum absolute atomic E-state index is 0.144. The highest BCUT2D eigenvalue weighted by molar-refractivity contribution is 5.89. The van der Waals surface area contributed by atoms with Gasteiger partial charge >= 0.3 is 6.03 Å². The largest absolute Gasteiger partial charge is 0.374 e. The molecule has 2 amide bonds. The third-order valence-corrected chi connectivity index (χ3v) is 3.11. The van der Waals surface area contributed by atoms with Crippen molar-refractivity contribution < 1.29 is 4.79 Å². The van der Waals surface area contributed by atoms with Crippen LogP contribution in [0.1, 0.15) is 25.8 Å². The van der Waals surface area contributed by atoms with Crippen molar-refractivity contribution in [3.8, 4) is 0 Å². The molecular formula is C14H21N3O. The molecule has 98 valence electrons. The summed E-state index contributed by atoms with van der Waals surface area (Å²) in [6, 6.07) is 6.12. The van der Waals surface area contributed by atoms with Gasteiger partial charge in [0.05, 0.1) is 0 Å². The number of amides is 2. The fourth-order valence-corrected chi connectivity index (χ4v) is 2.29. The van der Waals surface area contributed by atoms with E-state index in [0.29, 0.717) is 0 Å². The van der Waals surface area contributed by atoms with Crippen LogP contribution < -0.4 is 15.5 Å². The summed E-state index contributed by atoms with van der Waals surface area (Å²) in [6.45, 7) is 5.00. The highest BCUT2D eigenvalue weighted by Crippen LogP contribution is 2.28. The molecule has 0 aromatic heterocycles. The topological polar surface area (TPSA) is 44.4 Å². The lowest BCUT2D eigenvalue weighted by atomic mass is 10.0. The molecule has 1 heterocycles. The summed E-state index contributed by atoms with van der Waals surface area (Å²) < 4.78 is 0. The van der Waals surface area contributed by atoms with E-state index in [-0.39, 0.29) is 12.1 Å². The first-order chi connectivity index (χ1) is 8.56. The summed E-state index contributed by atoms with van der Waals surface area (Å²) in [6.07, 6.45) is 2.26. The first-order valence-corrected chi connectivity index (χ1v) is 6.48. The molecule has 18 heavy (non-hydrogen) atoms. The van der Waals surface area contributed by atoms with Gasteiger partial charge < -0.3 is 15.5 Å². The van der Waals surface area contributed by atoms with Crippen LogP contribution in [-0.4, -0.2) is 25.7 Å². The van der Waals surface area contributed by atoms with Crippen LogP contribution in [0.3, 0.4) is 0 Å². The Morgan fingerprint density at radius 3 is 2.89 bits per heavy atom. The lowest BCUT2D eigenvalue weighted by Crippen LogP contribution is -2.34. The molecule has 0 atom stereocenters. The highest BCUT2D eigenvalue weighted by atomic mass is 16.2. The van der Waals surface area contributed by atoms with Crippen LogP contribution >= 0.6 is 0 Å². The Morgan fingerprint density at radius 1 is 1.39 bits per heavy atom. The fraction of sp³-hybridized carbons (Fsp3) is 0.500. The predicted octanol–water partition coefficient (Wildman–Crippen LogP) is 2.60. The molecule has 0 aliphatic carbocycles. The molecule has 0 unspecified atom stereocenters. The number of benzene rings is 1. The van der Waals surface area contributed by atoms with Crippen LogP contribution in [-0.2, 0) is 6.42 Å². The Labute approximate surface area is 108 Å². The Kier molecular flexibility index (Phi) is 3.75. The number of anilines is 2. The normalized spacial score (nSPS) is 14.3. The van der Waals surface area contributed by atoms with Crippen molar-refractivity contribution >= 4 is 17.4 Å². The van der Waals surface area contributed by atoms with Crippen LogP contribution in [0.2, 0.25) is 0 Å². The number of hydrogen-bond acceptors (Lipinski definition) is 2. The van der Waals surface area contributed by atoms with Crippen molar-refractivity contribution in [2.45, 2.75) is 32.7 Å². The summed E-state index contributed by atoms with van der Waals surface area (Å²) >= 11 is 0. The lowest BCUT2D eigenvalue weighted by molar-refractivity contribution is 0.250. The standard InChI is InChI=1S/C14H21N3O/c1-10(2)15-14(18)16-12-6-7-13-11(9-12)5-4-8-17(13)3/h6-7,9-10H,4-5,8H2,1-3H3,(H2,15,16,18). The van der Waals surface area contributed by atoms with Crippen molar-refractivity contribution in [2.24, 2.45) is 0 Å². The van der Waals surface area contributed by atoms with Crippen molar-refractivity contribution in [1.29, 1.82) is 0 Å². The van der Waals surface area contributed by atoms with E-state index in [1.807, 2.05) is 19.9 Å². The highest BCUT2D eigenvalue weighted by Gasteiger charge is 2.14. The van der Waals surface area contributed by atoms with E-state index in [4.69, 9.17) is 0 Å². The molecule has 0 fully saturated rings. The van der Waals surface area contributed by atoms with Crippen molar-refractivity contribution in [3.05, 3.63) is 23.8 Å². The van der Waals surface area contributed by atoms with Gasteiger partial charge in [-0.25, -0.2) is 4.79 Å². The Balaban J connectivity index is 2.09. The summed E-state index contributed by atoms with van der Waals surface area (Å²) in [5, 5.41) is 5.69. The first-order valence-electron chi connectivity index (χ1n) is 6.48. The zero-order valence-electron chi connectivity index (χ0n) is 11.3. The number of carbonyl (C=O) groups excluding carboxylic acids is 1. The Bertz CT molecular complexity index is 443. The van der Waals surface area contributed by atoms with E-state index < -0.39 is 0 Å². The van der Waals surface area contributed by atoms with Gasteiger partial charge in [0.15, 0.2) is 0 Å². The van der Waals surface area contributed by atoms with Crippen molar-refractivity contribution in [1.82, 2.24) is 5.32 Å². The zero-order chi connectivity index (χ0) is 13.1. The van der Waals surface area contributed by atoms with Gasteiger partial charge in [0, 0.05) is 31.0 Å². The number of fused-ring (bicyclic) bond motifs is 1. The number of nitrogens with zero attached hydrogens (tertiary/aromatic N) is 1. The summed E-state index contributed by atoms with van der Waals surface area (Å²) in [5.41, 5.74) is 3.45. The molecule has 0 radical (unpaired) electrons. The van der Waals surface area contributed by atoms with Gasteiger partial charge in [0.25, 0.3) is 0 Å². The Morgan fingerprint density at radius 2 is 2.17 bits per heavy atom. The second-order valence-corrected chi connectivity index (χ2v) is 5.12. The Hall–Kier alpha value is -1.71. The maximum absolute atomic E-state index is 11.6. The van der Waals surface area contributed by atoms with Crippen LogP contribution in [0.15, 0.2) is 18.2 Å². The van der Waals surface area contributed by atoms with Gasteiger partial charge in [-0.1, -0.05) is 0 Å². The molecule has 1 aliphatic rings. The minimum atomic E-state index is -0.144. The molecule has 1 aromatic carbocycles. The van der Waals surface area contributed by atoms with E-state index in [0.717, 1.165) is 18.7 Å². The van der Waals surface area contributed by atoms with E-state index in [9.17, 15) is 4.79 Å². The molecule has 1 aromatic rings. The lowest BCUT2D eigenvalue weighted by Gasteiger charge is -2.27. The van der Waals surface area contributed by atoms with Crippen LogP contribution in [0, 0.1) is 0 Å². The molecular weight excluding hydrogens is 226 g/mol. The molecule has 4 nitrogen and oxygen atoms in total. The molecule has 2 N–H and O–H groups in total. The molecule has 2 rings (SSSR count). The predicted molar refractivity (Wildman–Crippen MR) is 75.3 cm³/mol. The quantitative estimate of drug-likeness (QED) is 0.843. The van der Waals surface area contributed by atoms with Gasteiger partial charge in [-0.2, -0.15) is 0 Å². The number of aryl methyl sites for hydroxylation is 1. The summed E-state index contributed by atoms with van der Waals surface area (Å²) in [7, 11) is 2.11. The second kappa shape index (κ2) is 5.29. The third-order valence-electron chi connectivity index (χ3n) is 3.11. The SMILES string of the molecule is CC(C)NC(=O)Nc1ccc2c(c1)CCCN2C. The van der Waals surface area contributed by atoms with E-state index in [2.05, 4.69) is 34.7 Å². The van der Waals surface area contributed by atoms with E-state index in [1.165, 1.54) is 17.7 Å². The molecule has 0 spiro atoms. The van der Waals surface area contributed by atoms with Crippen molar-refractivity contribution in [2.75, 3.05) is 23.8 Å². The third kappa shape index (κ3) is 2.94. The average Bonchev–Trinajstić information content (AvgIpc) is 2.27. The van der Waals surface area contributed by atoms with Gasteiger partial charge in [0.2, 0.25) is 0 Å². The monoisotopic (exact) mass is 247 g/mol. The van der Waals surface area contributed by atoms with Crippen molar-refractivity contribution in [3.63, 3.8) is 0 Å². The van der Waals surface area contributed by atoms with E-state index in [1.54, 1.807) is 0 Å². The number of carbonyl (C=O) groups is 1. The first kappa shape index (κ1) is 12.7. The van der Waals surface area contributed by atoms with Gasteiger partial charge in [-0.05, 0) is 50.5 Å². The van der Waals surface area contributed by atoms with Gasteiger partial charge in [0.1, 0.15) is 0 Å². The van der Waals surface area contributed by atoms with Crippen LogP contribution in [0.25, 0.3) is 0 Å². The van der Waals surface area contributed by atoms with Gasteiger partial charge in [-0.15, -0.1) is 0 Å². The number of hydrogen-bond donors (Lipinski definition) is 2. The van der Waals surface area contributed by atoms with Crippen LogP contribution in [0.5, 0.6) is 0 Å². The maximum Gasteiger partial charge on any atom is 0.319 e. The zero-order valence-corrected chi connectivity index (χ0v) is 11.3. The van der Waals surface area contributed by atoms with E-state index >= 15 is 0 Å². The fourth-order valence-electron chi connectivity index (χ4n) is 2.29. The number of rotatable bonds is 2. The minimum Gasteiger partial charge on any atom is -0.374 e.